The second-order valence-corrected chi connectivity index (χ2v) is 6.85. The second kappa shape index (κ2) is 7.17. The summed E-state index contributed by atoms with van der Waals surface area (Å²) in [5.74, 6) is 0.328. The van der Waals surface area contributed by atoms with Crippen molar-refractivity contribution in [2.24, 2.45) is 5.92 Å². The van der Waals surface area contributed by atoms with E-state index < -0.39 is 5.92 Å². The normalized spacial score (nSPS) is 12.6. The number of nitrogens with zero attached hydrogens (tertiary/aromatic N) is 2. The fraction of sp³-hybridized carbons (Fsp3) is 0.500. The van der Waals surface area contributed by atoms with Crippen molar-refractivity contribution >= 4 is 33.2 Å². The number of rotatable bonds is 6. The average molecular weight is 373 g/mol. The van der Waals surface area contributed by atoms with Gasteiger partial charge in [0.2, 0.25) is 11.7 Å². The molecule has 2 heterocycles. The van der Waals surface area contributed by atoms with Crippen molar-refractivity contribution in [1.29, 1.82) is 0 Å². The molecule has 1 unspecified atom stereocenters. The number of hydrogen-bond donors (Lipinski definition) is 0. The minimum Gasteiger partial charge on any atom is -0.465 e. The highest BCUT2D eigenvalue weighted by Gasteiger charge is 2.29. The molecule has 0 aliphatic carbocycles. The van der Waals surface area contributed by atoms with Gasteiger partial charge < -0.3 is 9.26 Å². The van der Waals surface area contributed by atoms with Crippen LogP contribution in [0.2, 0.25) is 0 Å². The second-order valence-electron chi connectivity index (χ2n) is 5.02. The Bertz CT molecular complexity index is 609. The molecule has 1 atom stereocenters. The van der Waals surface area contributed by atoms with Crippen LogP contribution in [0, 0.1) is 5.92 Å². The lowest BCUT2D eigenvalue weighted by molar-refractivity contribution is -0.146. The third kappa shape index (κ3) is 4.14. The largest absolute Gasteiger partial charge is 0.465 e. The minimum atomic E-state index is -0.505. The molecule has 21 heavy (non-hydrogen) atoms. The standard InChI is InChI=1S/C14H17BrN2O3S/c1-4-19-14(18)10(5-8(2)3)13-16-12(17-20-13)11-6-9(15)7-21-11/h6-8,10H,4-5H2,1-3H3. The molecule has 0 amide bonds. The topological polar surface area (TPSA) is 65.2 Å². The van der Waals surface area contributed by atoms with E-state index in [1.807, 2.05) is 25.3 Å². The number of halogens is 1. The molecule has 0 aromatic carbocycles. The van der Waals surface area contributed by atoms with Crippen molar-refractivity contribution in [3.8, 4) is 10.7 Å². The van der Waals surface area contributed by atoms with Gasteiger partial charge in [-0.2, -0.15) is 4.98 Å². The van der Waals surface area contributed by atoms with E-state index in [9.17, 15) is 4.79 Å². The van der Waals surface area contributed by atoms with Gasteiger partial charge in [-0.3, -0.25) is 4.79 Å². The summed E-state index contributed by atoms with van der Waals surface area (Å²) >= 11 is 4.90. The molecule has 0 radical (unpaired) electrons. The van der Waals surface area contributed by atoms with Crippen LogP contribution in [-0.4, -0.2) is 22.7 Å². The Morgan fingerprint density at radius 1 is 1.52 bits per heavy atom. The van der Waals surface area contributed by atoms with Gasteiger partial charge in [0.25, 0.3) is 0 Å². The van der Waals surface area contributed by atoms with Crippen molar-refractivity contribution < 1.29 is 14.1 Å². The van der Waals surface area contributed by atoms with Crippen molar-refractivity contribution in [3.05, 3.63) is 21.8 Å². The van der Waals surface area contributed by atoms with Gasteiger partial charge in [0, 0.05) is 9.85 Å². The lowest BCUT2D eigenvalue weighted by Crippen LogP contribution is -2.18. The van der Waals surface area contributed by atoms with Crippen LogP contribution in [0.5, 0.6) is 0 Å². The maximum atomic E-state index is 12.1. The van der Waals surface area contributed by atoms with Crippen LogP contribution in [-0.2, 0) is 9.53 Å². The molecule has 114 valence electrons. The molecule has 2 aromatic rings. The van der Waals surface area contributed by atoms with E-state index in [4.69, 9.17) is 9.26 Å². The minimum absolute atomic E-state index is 0.311. The van der Waals surface area contributed by atoms with E-state index in [0.717, 1.165) is 9.35 Å². The Kier molecular flexibility index (Phi) is 5.52. The first-order valence-corrected chi connectivity index (χ1v) is 8.43. The molecular formula is C14H17BrN2O3S. The van der Waals surface area contributed by atoms with Gasteiger partial charge in [-0.25, -0.2) is 0 Å². The predicted octanol–water partition coefficient (Wildman–Crippen LogP) is 4.25. The van der Waals surface area contributed by atoms with Crippen LogP contribution in [0.3, 0.4) is 0 Å². The van der Waals surface area contributed by atoms with Gasteiger partial charge in [-0.15, -0.1) is 11.3 Å². The first kappa shape index (κ1) is 16.2. The quantitative estimate of drug-likeness (QED) is 0.708. The zero-order chi connectivity index (χ0) is 15.4. The van der Waals surface area contributed by atoms with E-state index in [0.29, 0.717) is 30.7 Å². The molecule has 0 saturated heterocycles. The van der Waals surface area contributed by atoms with Crippen LogP contribution in [0.25, 0.3) is 10.7 Å². The van der Waals surface area contributed by atoms with Crippen molar-refractivity contribution in [3.63, 3.8) is 0 Å². The number of thiophene rings is 1. The Hall–Kier alpha value is -1.21. The smallest absolute Gasteiger partial charge is 0.318 e. The van der Waals surface area contributed by atoms with Crippen LogP contribution in [0.4, 0.5) is 0 Å². The van der Waals surface area contributed by atoms with E-state index in [2.05, 4.69) is 26.1 Å². The van der Waals surface area contributed by atoms with Gasteiger partial charge in [0.05, 0.1) is 11.5 Å². The highest BCUT2D eigenvalue weighted by atomic mass is 79.9. The molecule has 0 aliphatic heterocycles. The third-order valence-electron chi connectivity index (χ3n) is 2.81. The Morgan fingerprint density at radius 2 is 2.29 bits per heavy atom. The summed E-state index contributed by atoms with van der Waals surface area (Å²) in [6, 6.07) is 1.92. The van der Waals surface area contributed by atoms with Gasteiger partial charge in [-0.05, 0) is 41.3 Å². The van der Waals surface area contributed by atoms with E-state index >= 15 is 0 Å². The number of ether oxygens (including phenoxy) is 1. The SMILES string of the molecule is CCOC(=O)C(CC(C)C)c1nc(-c2cc(Br)cs2)no1. The fourth-order valence-corrected chi connectivity index (χ4v) is 3.27. The predicted molar refractivity (Wildman–Crippen MR) is 84.1 cm³/mol. The molecule has 0 bridgehead atoms. The lowest BCUT2D eigenvalue weighted by Gasteiger charge is -2.13. The first-order valence-electron chi connectivity index (χ1n) is 6.75. The molecule has 0 N–H and O–H groups in total. The van der Waals surface area contributed by atoms with Crippen LogP contribution in [0.15, 0.2) is 20.4 Å². The lowest BCUT2D eigenvalue weighted by atomic mass is 9.97. The van der Waals surface area contributed by atoms with Crippen LogP contribution >= 0.6 is 27.3 Å². The zero-order valence-corrected chi connectivity index (χ0v) is 14.5. The van der Waals surface area contributed by atoms with Crippen molar-refractivity contribution in [2.75, 3.05) is 6.61 Å². The zero-order valence-electron chi connectivity index (χ0n) is 12.1. The number of carbonyl (C=O) groups excluding carboxylic acids is 1. The summed E-state index contributed by atoms with van der Waals surface area (Å²) < 4.78 is 11.4. The summed E-state index contributed by atoms with van der Waals surface area (Å²) in [5, 5.41) is 5.91. The summed E-state index contributed by atoms with van der Waals surface area (Å²) in [6.45, 7) is 6.21. The first-order chi connectivity index (χ1) is 10.0. The molecule has 0 saturated carbocycles. The number of esters is 1. The summed E-state index contributed by atoms with van der Waals surface area (Å²) in [7, 11) is 0. The Balaban J connectivity index is 2.24. The van der Waals surface area contributed by atoms with E-state index in [1.165, 1.54) is 11.3 Å². The summed E-state index contributed by atoms with van der Waals surface area (Å²) in [5.41, 5.74) is 0. The fourth-order valence-electron chi connectivity index (χ4n) is 1.92. The van der Waals surface area contributed by atoms with E-state index in [-0.39, 0.29) is 5.97 Å². The monoisotopic (exact) mass is 372 g/mol. The summed E-state index contributed by atoms with van der Waals surface area (Å²) in [6.07, 6.45) is 0.620. The molecular weight excluding hydrogens is 356 g/mol. The molecule has 2 rings (SSSR count). The van der Waals surface area contributed by atoms with Crippen molar-refractivity contribution in [1.82, 2.24) is 10.1 Å². The number of aromatic nitrogens is 2. The molecule has 0 aliphatic rings. The van der Waals surface area contributed by atoms with Crippen LogP contribution in [0.1, 0.15) is 39.0 Å². The summed E-state index contributed by atoms with van der Waals surface area (Å²) in [4.78, 5) is 17.3. The van der Waals surface area contributed by atoms with Crippen molar-refractivity contribution in [2.45, 2.75) is 33.1 Å². The van der Waals surface area contributed by atoms with Gasteiger partial charge >= 0.3 is 5.97 Å². The van der Waals surface area contributed by atoms with Gasteiger partial charge in [-0.1, -0.05) is 19.0 Å². The average Bonchev–Trinajstić information content (AvgIpc) is 3.04. The molecule has 2 aromatic heterocycles. The highest BCUT2D eigenvalue weighted by molar-refractivity contribution is 9.10. The molecule has 0 fully saturated rings. The maximum absolute atomic E-state index is 12.1. The van der Waals surface area contributed by atoms with Crippen LogP contribution < -0.4 is 0 Å². The molecule has 0 spiro atoms. The van der Waals surface area contributed by atoms with E-state index in [1.54, 1.807) is 6.92 Å². The maximum Gasteiger partial charge on any atom is 0.318 e. The third-order valence-corrected chi connectivity index (χ3v) is 4.49. The van der Waals surface area contributed by atoms with Gasteiger partial charge in [0.1, 0.15) is 5.92 Å². The highest BCUT2D eigenvalue weighted by Crippen LogP contribution is 2.30. The van der Waals surface area contributed by atoms with Gasteiger partial charge in [0.15, 0.2) is 0 Å². The molecule has 5 nitrogen and oxygen atoms in total. The number of carbonyl (C=O) groups is 1. The Morgan fingerprint density at radius 3 is 2.86 bits per heavy atom. The number of hydrogen-bond acceptors (Lipinski definition) is 6. The Labute approximate surface area is 135 Å². The molecule has 7 heteroatoms.